The molecule has 4 rings (SSSR count). The molecule has 0 aliphatic rings. The Hall–Kier alpha value is -3.38. The third kappa shape index (κ3) is 4.28. The van der Waals surface area contributed by atoms with Crippen LogP contribution in [0.3, 0.4) is 0 Å². The van der Waals surface area contributed by atoms with Gasteiger partial charge in [-0.3, -0.25) is 4.57 Å². The number of carbonyl (C=O) groups excluding carboxylic acids is 1. The van der Waals surface area contributed by atoms with Gasteiger partial charge in [-0.25, -0.2) is 4.79 Å². The maximum atomic E-state index is 11.8. The maximum Gasteiger partial charge on any atom is 0.337 e. The molecule has 1 aromatic heterocycles. The smallest absolute Gasteiger partial charge is 0.337 e. The van der Waals surface area contributed by atoms with Gasteiger partial charge in [0.1, 0.15) is 0 Å². The molecule has 0 spiro atoms. The number of aromatic nitrogens is 3. The highest BCUT2D eigenvalue weighted by atomic mass is 32.2. The number of rotatable bonds is 6. The average molecular weight is 416 g/mol. The molecule has 6 heteroatoms. The summed E-state index contributed by atoms with van der Waals surface area (Å²) >= 11 is 1.58. The molecule has 0 unspecified atom stereocenters. The molecule has 150 valence electrons. The first-order valence-corrected chi connectivity index (χ1v) is 10.5. The summed E-state index contributed by atoms with van der Waals surface area (Å²) in [6, 6.07) is 25.8. The van der Waals surface area contributed by atoms with E-state index in [1.165, 1.54) is 12.7 Å². The maximum absolute atomic E-state index is 11.8. The number of benzene rings is 3. The van der Waals surface area contributed by atoms with E-state index in [-0.39, 0.29) is 5.97 Å². The number of para-hydroxylation sites is 1. The molecular weight excluding hydrogens is 394 g/mol. The van der Waals surface area contributed by atoms with Crippen molar-refractivity contribution in [2.24, 2.45) is 0 Å². The summed E-state index contributed by atoms with van der Waals surface area (Å²) in [6.07, 6.45) is 0. The summed E-state index contributed by atoms with van der Waals surface area (Å²) in [4.78, 5) is 11.8. The molecule has 0 amide bonds. The topological polar surface area (TPSA) is 57.0 Å². The van der Waals surface area contributed by atoms with E-state index in [1.54, 1.807) is 17.8 Å². The Balaban J connectivity index is 1.68. The van der Waals surface area contributed by atoms with E-state index < -0.39 is 0 Å². The fourth-order valence-electron chi connectivity index (χ4n) is 3.20. The van der Waals surface area contributed by atoms with Crippen molar-refractivity contribution < 1.29 is 9.53 Å². The fourth-order valence-corrected chi connectivity index (χ4v) is 4.09. The minimum Gasteiger partial charge on any atom is -0.465 e. The summed E-state index contributed by atoms with van der Waals surface area (Å²) in [5.41, 5.74) is 4.75. The molecule has 5 nitrogen and oxygen atoms in total. The van der Waals surface area contributed by atoms with Crippen molar-refractivity contribution in [2.45, 2.75) is 17.8 Å². The van der Waals surface area contributed by atoms with Crippen LogP contribution in [0.1, 0.15) is 21.5 Å². The number of ether oxygens (including phenoxy) is 1. The molecule has 4 aromatic rings. The third-order valence-corrected chi connectivity index (χ3v) is 5.64. The van der Waals surface area contributed by atoms with Crippen LogP contribution in [0.4, 0.5) is 0 Å². The fraction of sp³-hybridized carbons (Fsp3) is 0.125. The molecule has 0 atom stereocenters. The van der Waals surface area contributed by atoms with Crippen LogP contribution in [0.25, 0.3) is 17.1 Å². The first-order valence-electron chi connectivity index (χ1n) is 9.53. The van der Waals surface area contributed by atoms with Crippen molar-refractivity contribution >= 4 is 17.7 Å². The highest BCUT2D eigenvalue weighted by molar-refractivity contribution is 7.98. The van der Waals surface area contributed by atoms with E-state index in [4.69, 9.17) is 4.74 Å². The molecule has 0 saturated carbocycles. The zero-order valence-electron chi connectivity index (χ0n) is 16.8. The lowest BCUT2D eigenvalue weighted by molar-refractivity contribution is 0.0600. The predicted octanol–water partition coefficient (Wildman–Crippen LogP) is 5.32. The first-order chi connectivity index (χ1) is 14.7. The van der Waals surface area contributed by atoms with Crippen LogP contribution < -0.4 is 0 Å². The predicted molar refractivity (Wildman–Crippen MR) is 119 cm³/mol. The van der Waals surface area contributed by atoms with Crippen molar-refractivity contribution in [3.05, 3.63) is 95.6 Å². The lowest BCUT2D eigenvalue weighted by Gasteiger charge is -2.11. The second-order valence-electron chi connectivity index (χ2n) is 6.83. The Morgan fingerprint density at radius 1 is 0.967 bits per heavy atom. The van der Waals surface area contributed by atoms with Crippen molar-refractivity contribution in [3.8, 4) is 17.1 Å². The minimum absolute atomic E-state index is 0.337. The van der Waals surface area contributed by atoms with Gasteiger partial charge in [-0.2, -0.15) is 0 Å². The molecular formula is C24H21N3O2S. The van der Waals surface area contributed by atoms with Gasteiger partial charge in [0.25, 0.3) is 0 Å². The normalized spacial score (nSPS) is 10.7. The lowest BCUT2D eigenvalue weighted by Crippen LogP contribution is -2.02. The quantitative estimate of drug-likeness (QED) is 0.315. The zero-order chi connectivity index (χ0) is 20.9. The molecule has 30 heavy (non-hydrogen) atoms. The molecule has 0 radical (unpaired) electrons. The van der Waals surface area contributed by atoms with Crippen LogP contribution in [-0.4, -0.2) is 27.8 Å². The monoisotopic (exact) mass is 415 g/mol. The van der Waals surface area contributed by atoms with Gasteiger partial charge in [0.15, 0.2) is 11.0 Å². The lowest BCUT2D eigenvalue weighted by atomic mass is 10.1. The number of carbonyl (C=O) groups is 1. The van der Waals surface area contributed by atoms with Crippen molar-refractivity contribution in [1.29, 1.82) is 0 Å². The summed E-state index contributed by atoms with van der Waals surface area (Å²) < 4.78 is 6.89. The Labute approximate surface area is 179 Å². The van der Waals surface area contributed by atoms with Gasteiger partial charge in [-0.1, -0.05) is 65.9 Å². The molecule has 0 aliphatic carbocycles. The van der Waals surface area contributed by atoms with E-state index >= 15 is 0 Å². The number of hydrogen-bond acceptors (Lipinski definition) is 5. The Morgan fingerprint density at radius 2 is 1.77 bits per heavy atom. The number of aryl methyl sites for hydroxylation is 1. The van der Waals surface area contributed by atoms with Gasteiger partial charge >= 0.3 is 5.97 Å². The van der Waals surface area contributed by atoms with Gasteiger partial charge in [0, 0.05) is 17.0 Å². The van der Waals surface area contributed by atoms with Crippen LogP contribution in [0, 0.1) is 6.92 Å². The highest BCUT2D eigenvalue weighted by Crippen LogP contribution is 2.30. The molecule has 3 aromatic carbocycles. The van der Waals surface area contributed by atoms with Crippen LogP contribution >= 0.6 is 11.8 Å². The molecule has 0 bridgehead atoms. The standard InChI is InChI=1S/C24H21N3O2S/c1-17-8-6-10-19(14-17)22-25-26-24(27(22)21-12-4-3-5-13-21)30-16-18-9-7-11-20(15-18)23(28)29-2/h3-15H,16H2,1-2H3. The molecule has 0 saturated heterocycles. The summed E-state index contributed by atoms with van der Waals surface area (Å²) in [7, 11) is 1.39. The van der Waals surface area contributed by atoms with Crippen molar-refractivity contribution in [1.82, 2.24) is 14.8 Å². The summed E-state index contributed by atoms with van der Waals surface area (Å²) in [6.45, 7) is 2.07. The van der Waals surface area contributed by atoms with Crippen LogP contribution in [0.2, 0.25) is 0 Å². The third-order valence-electron chi connectivity index (χ3n) is 4.64. The first kappa shape index (κ1) is 19.9. The van der Waals surface area contributed by atoms with Gasteiger partial charge in [0.05, 0.1) is 12.7 Å². The molecule has 1 heterocycles. The van der Waals surface area contributed by atoms with E-state index in [0.29, 0.717) is 11.3 Å². The second-order valence-corrected chi connectivity index (χ2v) is 7.77. The van der Waals surface area contributed by atoms with Crippen molar-refractivity contribution in [3.63, 3.8) is 0 Å². The highest BCUT2D eigenvalue weighted by Gasteiger charge is 2.16. The summed E-state index contributed by atoms with van der Waals surface area (Å²) in [5.74, 6) is 1.12. The average Bonchev–Trinajstić information content (AvgIpc) is 3.22. The Morgan fingerprint density at radius 3 is 2.53 bits per heavy atom. The number of methoxy groups -OCH3 is 1. The van der Waals surface area contributed by atoms with Gasteiger partial charge < -0.3 is 4.74 Å². The Kier molecular flexibility index (Phi) is 5.95. The number of hydrogen-bond donors (Lipinski definition) is 0. The zero-order valence-corrected chi connectivity index (χ0v) is 17.6. The van der Waals surface area contributed by atoms with Crippen LogP contribution in [0.15, 0.2) is 84.0 Å². The van der Waals surface area contributed by atoms with Crippen LogP contribution in [0.5, 0.6) is 0 Å². The molecule has 0 aliphatic heterocycles. The summed E-state index contributed by atoms with van der Waals surface area (Å²) in [5, 5.41) is 9.76. The van der Waals surface area contributed by atoms with Crippen molar-refractivity contribution in [2.75, 3.05) is 7.11 Å². The minimum atomic E-state index is -0.337. The molecule has 0 fully saturated rings. The number of nitrogens with zero attached hydrogens (tertiary/aromatic N) is 3. The Bertz CT molecular complexity index is 1170. The van der Waals surface area contributed by atoms with Crippen LogP contribution in [-0.2, 0) is 10.5 Å². The van der Waals surface area contributed by atoms with E-state index in [2.05, 4.69) is 33.8 Å². The molecule has 0 N–H and O–H groups in total. The van der Waals surface area contributed by atoms with Gasteiger partial charge in [0.2, 0.25) is 0 Å². The largest absolute Gasteiger partial charge is 0.465 e. The van der Waals surface area contributed by atoms with E-state index in [0.717, 1.165) is 27.8 Å². The van der Waals surface area contributed by atoms with Gasteiger partial charge in [-0.15, -0.1) is 10.2 Å². The van der Waals surface area contributed by atoms with E-state index in [9.17, 15) is 4.79 Å². The number of esters is 1. The SMILES string of the molecule is COC(=O)c1cccc(CSc2nnc(-c3cccc(C)c3)n2-c2ccccc2)c1. The number of thioether (sulfide) groups is 1. The van der Waals surface area contributed by atoms with Gasteiger partial charge in [-0.05, 0) is 42.8 Å². The second kappa shape index (κ2) is 8.97. The van der Waals surface area contributed by atoms with E-state index in [1.807, 2.05) is 60.7 Å².